The van der Waals surface area contributed by atoms with E-state index < -0.39 is 0 Å². The van der Waals surface area contributed by atoms with Gasteiger partial charge in [-0.2, -0.15) is 5.10 Å². The minimum atomic E-state index is -0.0712. The van der Waals surface area contributed by atoms with Gasteiger partial charge < -0.3 is 10.6 Å². The van der Waals surface area contributed by atoms with Gasteiger partial charge in [-0.1, -0.05) is 22.0 Å². The number of carbonyl (C=O) groups is 1. The van der Waals surface area contributed by atoms with Crippen molar-refractivity contribution in [2.45, 2.75) is 0 Å². The van der Waals surface area contributed by atoms with Gasteiger partial charge in [0, 0.05) is 36.2 Å². The summed E-state index contributed by atoms with van der Waals surface area (Å²) in [6.07, 6.45) is 3.34. The molecule has 1 aliphatic heterocycles. The number of rotatable bonds is 4. The molecule has 3 rings (SSSR count). The van der Waals surface area contributed by atoms with E-state index in [2.05, 4.69) is 31.7 Å². The fourth-order valence-electron chi connectivity index (χ4n) is 2.03. The van der Waals surface area contributed by atoms with Crippen LogP contribution in [0.2, 0.25) is 0 Å². The first-order chi connectivity index (χ1) is 9.72. The van der Waals surface area contributed by atoms with Crippen LogP contribution in [0.3, 0.4) is 0 Å². The SMILES string of the molecule is O=C(NCC1CNC1)c1cnn(-c2cccc(Br)c2)c1. The molecule has 0 radical (unpaired) electrons. The van der Waals surface area contributed by atoms with Gasteiger partial charge in [-0.3, -0.25) is 4.79 Å². The van der Waals surface area contributed by atoms with Gasteiger partial charge in [0.2, 0.25) is 0 Å². The highest BCUT2D eigenvalue weighted by Crippen LogP contribution is 2.15. The van der Waals surface area contributed by atoms with E-state index in [1.54, 1.807) is 17.1 Å². The van der Waals surface area contributed by atoms with E-state index in [1.165, 1.54) is 0 Å². The van der Waals surface area contributed by atoms with E-state index in [0.29, 0.717) is 18.0 Å². The van der Waals surface area contributed by atoms with Crippen LogP contribution in [-0.2, 0) is 0 Å². The zero-order chi connectivity index (χ0) is 13.9. The fraction of sp³-hybridized carbons (Fsp3) is 0.286. The molecule has 104 valence electrons. The Kier molecular flexibility index (Phi) is 3.84. The summed E-state index contributed by atoms with van der Waals surface area (Å²) in [7, 11) is 0. The summed E-state index contributed by atoms with van der Waals surface area (Å²) in [5.41, 5.74) is 1.50. The van der Waals surface area contributed by atoms with Crippen LogP contribution in [0.5, 0.6) is 0 Å². The van der Waals surface area contributed by atoms with E-state index in [9.17, 15) is 4.79 Å². The maximum absolute atomic E-state index is 12.0. The number of hydrogen-bond donors (Lipinski definition) is 2. The van der Waals surface area contributed by atoms with Crippen LogP contribution >= 0.6 is 15.9 Å². The predicted molar refractivity (Wildman–Crippen MR) is 80.0 cm³/mol. The highest BCUT2D eigenvalue weighted by atomic mass is 79.9. The summed E-state index contributed by atoms with van der Waals surface area (Å²) in [5.74, 6) is 0.484. The lowest BCUT2D eigenvalue weighted by molar-refractivity contribution is 0.0942. The molecule has 1 fully saturated rings. The van der Waals surface area contributed by atoms with Gasteiger partial charge in [-0.25, -0.2) is 4.68 Å². The fourth-order valence-corrected chi connectivity index (χ4v) is 2.42. The second-order valence-electron chi connectivity index (χ2n) is 4.89. The van der Waals surface area contributed by atoms with Crippen molar-refractivity contribution in [2.75, 3.05) is 19.6 Å². The summed E-state index contributed by atoms with van der Waals surface area (Å²) in [6.45, 7) is 2.68. The number of nitrogens with one attached hydrogen (secondary N) is 2. The zero-order valence-corrected chi connectivity index (χ0v) is 12.4. The van der Waals surface area contributed by atoms with Crippen molar-refractivity contribution >= 4 is 21.8 Å². The summed E-state index contributed by atoms with van der Waals surface area (Å²) in [4.78, 5) is 12.0. The van der Waals surface area contributed by atoms with Crippen LogP contribution in [0, 0.1) is 5.92 Å². The van der Waals surface area contributed by atoms with Crippen molar-refractivity contribution in [3.05, 3.63) is 46.7 Å². The molecule has 2 aromatic rings. The molecule has 0 aliphatic carbocycles. The molecule has 0 bridgehead atoms. The second-order valence-corrected chi connectivity index (χ2v) is 5.80. The molecule has 1 aliphatic rings. The largest absolute Gasteiger partial charge is 0.352 e. The van der Waals surface area contributed by atoms with Crippen molar-refractivity contribution in [3.8, 4) is 5.69 Å². The topological polar surface area (TPSA) is 59.0 Å². The Morgan fingerprint density at radius 3 is 3.05 bits per heavy atom. The minimum absolute atomic E-state index is 0.0712. The molecule has 1 aromatic carbocycles. The van der Waals surface area contributed by atoms with Gasteiger partial charge in [0.15, 0.2) is 0 Å². The smallest absolute Gasteiger partial charge is 0.254 e. The van der Waals surface area contributed by atoms with E-state index in [0.717, 1.165) is 23.2 Å². The number of halogens is 1. The maximum Gasteiger partial charge on any atom is 0.254 e. The van der Waals surface area contributed by atoms with E-state index >= 15 is 0 Å². The Hall–Kier alpha value is -1.66. The Balaban J connectivity index is 1.67. The van der Waals surface area contributed by atoms with Crippen molar-refractivity contribution in [3.63, 3.8) is 0 Å². The average Bonchev–Trinajstić information content (AvgIpc) is 2.86. The first-order valence-corrected chi connectivity index (χ1v) is 7.31. The number of benzene rings is 1. The Morgan fingerprint density at radius 2 is 2.35 bits per heavy atom. The van der Waals surface area contributed by atoms with Gasteiger partial charge in [0.05, 0.1) is 17.4 Å². The minimum Gasteiger partial charge on any atom is -0.352 e. The molecule has 1 aromatic heterocycles. The third-order valence-electron chi connectivity index (χ3n) is 3.33. The Labute approximate surface area is 125 Å². The molecule has 2 heterocycles. The molecule has 0 atom stereocenters. The highest BCUT2D eigenvalue weighted by molar-refractivity contribution is 9.10. The quantitative estimate of drug-likeness (QED) is 0.892. The van der Waals surface area contributed by atoms with Gasteiger partial charge in [-0.15, -0.1) is 0 Å². The van der Waals surface area contributed by atoms with Crippen molar-refractivity contribution in [1.82, 2.24) is 20.4 Å². The lowest BCUT2D eigenvalue weighted by Gasteiger charge is -2.26. The zero-order valence-electron chi connectivity index (χ0n) is 10.8. The van der Waals surface area contributed by atoms with Crippen molar-refractivity contribution in [1.29, 1.82) is 0 Å². The van der Waals surface area contributed by atoms with Gasteiger partial charge in [0.25, 0.3) is 5.91 Å². The molecule has 20 heavy (non-hydrogen) atoms. The maximum atomic E-state index is 12.0. The summed E-state index contributed by atoms with van der Waals surface area (Å²) < 4.78 is 2.68. The Bertz CT molecular complexity index is 621. The van der Waals surface area contributed by atoms with Crippen LogP contribution in [-0.4, -0.2) is 35.3 Å². The van der Waals surface area contributed by atoms with E-state index in [-0.39, 0.29) is 5.91 Å². The molecule has 0 saturated carbocycles. The molecule has 6 heteroatoms. The Morgan fingerprint density at radius 1 is 1.50 bits per heavy atom. The lowest BCUT2D eigenvalue weighted by atomic mass is 10.0. The van der Waals surface area contributed by atoms with Gasteiger partial charge >= 0.3 is 0 Å². The molecular formula is C14H15BrN4O. The summed E-state index contributed by atoms with van der Waals surface area (Å²) in [6, 6.07) is 7.78. The first-order valence-electron chi connectivity index (χ1n) is 6.52. The number of carbonyl (C=O) groups excluding carboxylic acids is 1. The van der Waals surface area contributed by atoms with Gasteiger partial charge in [-0.05, 0) is 18.2 Å². The van der Waals surface area contributed by atoms with Crippen molar-refractivity contribution < 1.29 is 4.79 Å². The van der Waals surface area contributed by atoms with Crippen LogP contribution in [0.1, 0.15) is 10.4 Å². The standard InChI is InChI=1S/C14H15BrN4O/c15-12-2-1-3-13(4-12)19-9-11(8-18-19)14(20)17-7-10-5-16-6-10/h1-4,8-10,16H,5-7H2,(H,17,20). The summed E-state index contributed by atoms with van der Waals surface area (Å²) >= 11 is 3.42. The highest BCUT2D eigenvalue weighted by Gasteiger charge is 2.18. The molecule has 1 amide bonds. The number of hydrogen-bond acceptors (Lipinski definition) is 3. The molecular weight excluding hydrogens is 320 g/mol. The lowest BCUT2D eigenvalue weighted by Crippen LogP contribution is -2.48. The van der Waals surface area contributed by atoms with Crippen molar-refractivity contribution in [2.24, 2.45) is 5.92 Å². The number of nitrogens with zero attached hydrogens (tertiary/aromatic N) is 2. The predicted octanol–water partition coefficient (Wildman–Crippen LogP) is 1.58. The molecule has 0 unspecified atom stereocenters. The van der Waals surface area contributed by atoms with Crippen LogP contribution < -0.4 is 10.6 Å². The van der Waals surface area contributed by atoms with Crippen LogP contribution in [0.15, 0.2) is 41.1 Å². The monoisotopic (exact) mass is 334 g/mol. The molecule has 2 N–H and O–H groups in total. The van der Waals surface area contributed by atoms with Crippen LogP contribution in [0.25, 0.3) is 5.69 Å². The molecule has 5 nitrogen and oxygen atoms in total. The average molecular weight is 335 g/mol. The van der Waals surface area contributed by atoms with E-state index in [1.807, 2.05) is 24.3 Å². The van der Waals surface area contributed by atoms with E-state index in [4.69, 9.17) is 0 Å². The first kappa shape index (κ1) is 13.3. The second kappa shape index (κ2) is 5.76. The van der Waals surface area contributed by atoms with Gasteiger partial charge in [0.1, 0.15) is 0 Å². The third kappa shape index (κ3) is 2.91. The molecule has 0 spiro atoms. The molecule has 1 saturated heterocycles. The normalized spacial score (nSPS) is 14.8. The third-order valence-corrected chi connectivity index (χ3v) is 3.83. The van der Waals surface area contributed by atoms with Crippen LogP contribution in [0.4, 0.5) is 0 Å². The number of amides is 1. The summed E-state index contributed by atoms with van der Waals surface area (Å²) in [5, 5.41) is 10.4. The number of aromatic nitrogens is 2.